The Hall–Kier alpha value is -2.48. The largest absolute Gasteiger partial charge is 0.337 e. The second-order valence-electron chi connectivity index (χ2n) is 6.46. The van der Waals surface area contributed by atoms with Crippen molar-refractivity contribution >= 4 is 23.3 Å². The van der Waals surface area contributed by atoms with Crippen LogP contribution in [0.3, 0.4) is 0 Å². The molecule has 0 aliphatic rings. The van der Waals surface area contributed by atoms with Gasteiger partial charge in [0.25, 0.3) is 0 Å². The fraction of sp³-hybridized carbons (Fsp3) is 0.389. The Morgan fingerprint density at radius 3 is 2.54 bits per heavy atom. The van der Waals surface area contributed by atoms with Crippen molar-refractivity contribution in [3.63, 3.8) is 0 Å². The Kier molecular flexibility index (Phi) is 5.51. The number of rotatable bonds is 6. The lowest BCUT2D eigenvalue weighted by Crippen LogP contribution is -2.43. The summed E-state index contributed by atoms with van der Waals surface area (Å²) in [5, 5.41) is 13.6. The minimum absolute atomic E-state index is 0.107. The second kappa shape index (κ2) is 7.82. The average Bonchev–Trinajstić information content (AvgIpc) is 3.03. The number of nitrogens with zero attached hydrogens (tertiary/aromatic N) is 6. The summed E-state index contributed by atoms with van der Waals surface area (Å²) in [5.41, 5.74) is 1.35. The molecule has 0 aromatic carbocycles. The molecular formula is C18H22N6OS. The van der Waals surface area contributed by atoms with Crippen molar-refractivity contribution in [3.8, 4) is 11.5 Å². The van der Waals surface area contributed by atoms with Crippen molar-refractivity contribution in [1.29, 1.82) is 0 Å². The lowest BCUT2D eigenvalue weighted by molar-refractivity contribution is -0.131. The Morgan fingerprint density at radius 1 is 1.12 bits per heavy atom. The molecule has 136 valence electrons. The zero-order chi connectivity index (χ0) is 18.7. The number of amides is 1. The molecule has 7 nitrogen and oxygen atoms in total. The Balaban J connectivity index is 1.80. The van der Waals surface area contributed by atoms with Crippen molar-refractivity contribution in [2.75, 3.05) is 5.75 Å². The molecule has 0 aliphatic heterocycles. The van der Waals surface area contributed by atoms with Crippen LogP contribution in [0.25, 0.3) is 17.2 Å². The zero-order valence-electron chi connectivity index (χ0n) is 15.3. The Morgan fingerprint density at radius 2 is 1.88 bits per heavy atom. The van der Waals surface area contributed by atoms with Crippen LogP contribution in [0.1, 0.15) is 27.7 Å². The number of fused-ring (bicyclic) bond motifs is 1. The van der Waals surface area contributed by atoms with Crippen LogP contribution < -0.4 is 0 Å². The number of hydrogen-bond acceptors (Lipinski definition) is 6. The Labute approximate surface area is 156 Å². The summed E-state index contributed by atoms with van der Waals surface area (Å²) in [7, 11) is 0. The molecule has 3 rings (SSSR count). The predicted octanol–water partition coefficient (Wildman–Crippen LogP) is 2.92. The first-order valence-electron chi connectivity index (χ1n) is 8.55. The zero-order valence-corrected chi connectivity index (χ0v) is 16.1. The summed E-state index contributed by atoms with van der Waals surface area (Å²) < 4.78 is 1.66. The van der Waals surface area contributed by atoms with E-state index in [1.165, 1.54) is 11.8 Å². The number of thioether (sulfide) groups is 1. The fourth-order valence-corrected chi connectivity index (χ4v) is 3.61. The molecule has 3 aromatic rings. The predicted molar refractivity (Wildman–Crippen MR) is 102 cm³/mol. The maximum Gasteiger partial charge on any atom is 0.233 e. The first-order chi connectivity index (χ1) is 12.5. The number of carbonyl (C=O) groups is 1. The highest BCUT2D eigenvalue weighted by molar-refractivity contribution is 7.99. The lowest BCUT2D eigenvalue weighted by atomic mass is 10.2. The summed E-state index contributed by atoms with van der Waals surface area (Å²) in [6.45, 7) is 8.12. The van der Waals surface area contributed by atoms with Crippen molar-refractivity contribution in [3.05, 3.63) is 36.5 Å². The number of pyridine rings is 1. The van der Waals surface area contributed by atoms with Crippen LogP contribution in [-0.4, -0.2) is 53.4 Å². The maximum absolute atomic E-state index is 12.5. The van der Waals surface area contributed by atoms with Gasteiger partial charge in [0, 0.05) is 18.3 Å². The third kappa shape index (κ3) is 3.85. The van der Waals surface area contributed by atoms with Crippen LogP contribution >= 0.6 is 11.8 Å². The van der Waals surface area contributed by atoms with E-state index in [1.54, 1.807) is 10.7 Å². The highest BCUT2D eigenvalue weighted by Gasteiger charge is 2.20. The van der Waals surface area contributed by atoms with Gasteiger partial charge in [-0.1, -0.05) is 17.8 Å². The first-order valence-corrected chi connectivity index (χ1v) is 9.53. The van der Waals surface area contributed by atoms with Crippen LogP contribution in [0.5, 0.6) is 0 Å². The SMILES string of the molecule is CC(C)N(C(=O)CSc1ccc2nnc(-c3ccccn3)n2n1)C(C)C. The van der Waals surface area contributed by atoms with E-state index in [1.807, 2.05) is 62.9 Å². The number of hydrogen-bond donors (Lipinski definition) is 0. The molecule has 0 saturated carbocycles. The number of aromatic nitrogens is 5. The maximum atomic E-state index is 12.5. The van der Waals surface area contributed by atoms with Gasteiger partial charge in [-0.25, -0.2) is 0 Å². The van der Waals surface area contributed by atoms with Crippen LogP contribution in [0.15, 0.2) is 41.6 Å². The van der Waals surface area contributed by atoms with Crippen molar-refractivity contribution in [2.45, 2.75) is 44.8 Å². The van der Waals surface area contributed by atoms with Crippen molar-refractivity contribution in [2.24, 2.45) is 0 Å². The highest BCUT2D eigenvalue weighted by atomic mass is 32.2. The molecular weight excluding hydrogens is 348 g/mol. The van der Waals surface area contributed by atoms with Gasteiger partial charge in [0.2, 0.25) is 11.7 Å². The van der Waals surface area contributed by atoms with E-state index in [4.69, 9.17) is 0 Å². The molecule has 3 aromatic heterocycles. The van der Waals surface area contributed by atoms with Crippen LogP contribution in [0, 0.1) is 0 Å². The molecule has 26 heavy (non-hydrogen) atoms. The van der Waals surface area contributed by atoms with Gasteiger partial charge < -0.3 is 4.90 Å². The molecule has 0 unspecified atom stereocenters. The molecule has 8 heteroatoms. The first kappa shape index (κ1) is 18.3. The molecule has 3 heterocycles. The van der Waals surface area contributed by atoms with Gasteiger partial charge in [-0.2, -0.15) is 9.61 Å². The molecule has 0 fully saturated rings. The second-order valence-corrected chi connectivity index (χ2v) is 7.45. The normalized spacial score (nSPS) is 11.5. The van der Waals surface area contributed by atoms with Gasteiger partial charge in [-0.3, -0.25) is 9.78 Å². The molecule has 0 atom stereocenters. The molecule has 0 spiro atoms. The van der Waals surface area contributed by atoms with Gasteiger partial charge in [0.1, 0.15) is 10.7 Å². The van der Waals surface area contributed by atoms with Gasteiger partial charge in [0.05, 0.1) is 5.75 Å². The van der Waals surface area contributed by atoms with E-state index in [2.05, 4.69) is 20.3 Å². The van der Waals surface area contributed by atoms with Gasteiger partial charge in [0.15, 0.2) is 5.65 Å². The van der Waals surface area contributed by atoms with E-state index < -0.39 is 0 Å². The minimum Gasteiger partial charge on any atom is -0.337 e. The van der Waals surface area contributed by atoms with Gasteiger partial charge in [-0.05, 0) is 52.0 Å². The van der Waals surface area contributed by atoms with Gasteiger partial charge >= 0.3 is 0 Å². The Bertz CT molecular complexity index is 885. The summed E-state index contributed by atoms with van der Waals surface area (Å²) in [6, 6.07) is 9.67. The summed E-state index contributed by atoms with van der Waals surface area (Å²) >= 11 is 1.41. The fourth-order valence-electron chi connectivity index (χ4n) is 2.89. The highest BCUT2D eigenvalue weighted by Crippen LogP contribution is 2.20. The van der Waals surface area contributed by atoms with Crippen LogP contribution in [0.2, 0.25) is 0 Å². The smallest absolute Gasteiger partial charge is 0.233 e. The van der Waals surface area contributed by atoms with E-state index in [-0.39, 0.29) is 18.0 Å². The molecule has 0 radical (unpaired) electrons. The van der Waals surface area contributed by atoms with E-state index in [9.17, 15) is 4.79 Å². The standard InChI is InChI=1S/C18H22N6OS/c1-12(2)23(13(3)4)17(25)11-26-16-9-8-15-20-21-18(24(15)22-16)14-7-5-6-10-19-14/h5-10,12-13H,11H2,1-4H3. The average molecular weight is 370 g/mol. The van der Waals surface area contributed by atoms with E-state index in [0.29, 0.717) is 22.9 Å². The molecule has 1 amide bonds. The summed E-state index contributed by atoms with van der Waals surface area (Å²) in [4.78, 5) is 18.7. The van der Waals surface area contributed by atoms with Gasteiger partial charge in [-0.15, -0.1) is 10.2 Å². The lowest BCUT2D eigenvalue weighted by Gasteiger charge is -2.30. The summed E-state index contributed by atoms with van der Waals surface area (Å²) in [6.07, 6.45) is 1.71. The number of carbonyl (C=O) groups excluding carboxylic acids is 1. The monoisotopic (exact) mass is 370 g/mol. The third-order valence-electron chi connectivity index (χ3n) is 3.88. The molecule has 0 N–H and O–H groups in total. The van der Waals surface area contributed by atoms with Crippen LogP contribution in [0.4, 0.5) is 0 Å². The minimum atomic E-state index is 0.107. The van der Waals surface area contributed by atoms with Crippen LogP contribution in [-0.2, 0) is 4.79 Å². The topological polar surface area (TPSA) is 76.3 Å². The van der Waals surface area contributed by atoms with E-state index in [0.717, 1.165) is 5.03 Å². The third-order valence-corrected chi connectivity index (χ3v) is 4.78. The molecule has 0 saturated heterocycles. The molecule has 0 aliphatic carbocycles. The quantitative estimate of drug-likeness (QED) is 0.621. The van der Waals surface area contributed by atoms with Crippen molar-refractivity contribution in [1.82, 2.24) is 29.7 Å². The van der Waals surface area contributed by atoms with Crippen molar-refractivity contribution < 1.29 is 4.79 Å². The van der Waals surface area contributed by atoms with E-state index >= 15 is 0 Å². The molecule has 0 bridgehead atoms. The summed E-state index contributed by atoms with van der Waals surface area (Å²) in [5.74, 6) is 1.03.